The van der Waals surface area contributed by atoms with E-state index in [0.29, 0.717) is 12.3 Å². The highest BCUT2D eigenvalue weighted by atomic mass is 19.4. The summed E-state index contributed by atoms with van der Waals surface area (Å²) in [4.78, 5) is 16.4. The normalized spacial score (nSPS) is 21.2. The fraction of sp³-hybridized carbons (Fsp3) is 0.750. The number of pyridine rings is 1. The summed E-state index contributed by atoms with van der Waals surface area (Å²) in [7, 11) is 1.27. The number of nitrogens with zero attached hydrogens (tertiary/aromatic N) is 1. The molecule has 1 aromatic heterocycles. The first-order chi connectivity index (χ1) is 15.8. The van der Waals surface area contributed by atoms with Crippen molar-refractivity contribution in [3.63, 3.8) is 0 Å². The van der Waals surface area contributed by atoms with E-state index in [2.05, 4.69) is 41.1 Å². The molecule has 34 heavy (non-hydrogen) atoms. The molecule has 3 rings (SSSR count). The van der Waals surface area contributed by atoms with Crippen molar-refractivity contribution in [2.45, 2.75) is 89.3 Å². The summed E-state index contributed by atoms with van der Waals surface area (Å²) >= 11 is 0. The van der Waals surface area contributed by atoms with E-state index in [1.807, 2.05) is 12.3 Å². The molecule has 0 unspecified atom stereocenters. The van der Waals surface area contributed by atoms with Crippen molar-refractivity contribution in [3.05, 3.63) is 23.4 Å². The molecule has 2 heterocycles. The standard InChI is InChI=1S/C24H36F3N3O4/c1-22(2,3)9-15-8-16-17(10-23(6-5-7-23)34-21(16)29-12-15)28-13-19(31)18(11-24(25,26)27)30-20(32)14-33-4/h8,12,17-19,28,31H,5-7,9-11,13-14H2,1-4H3,(H,30,32)/t17-,18-,19+/m0/s1. The summed E-state index contributed by atoms with van der Waals surface area (Å²) in [6, 6.07) is 0.321. The van der Waals surface area contributed by atoms with Crippen molar-refractivity contribution >= 4 is 5.91 Å². The van der Waals surface area contributed by atoms with E-state index in [1.54, 1.807) is 0 Å². The number of carbonyl (C=O) groups excluding carboxylic acids is 1. The smallest absolute Gasteiger partial charge is 0.391 e. The van der Waals surface area contributed by atoms with Crippen LogP contribution in [-0.4, -0.2) is 60.2 Å². The Morgan fingerprint density at radius 3 is 2.62 bits per heavy atom. The van der Waals surface area contributed by atoms with Crippen molar-refractivity contribution in [1.29, 1.82) is 0 Å². The lowest BCUT2D eigenvalue weighted by atomic mass is 9.73. The van der Waals surface area contributed by atoms with Crippen LogP contribution in [0.4, 0.5) is 13.2 Å². The second kappa shape index (κ2) is 10.4. The van der Waals surface area contributed by atoms with E-state index >= 15 is 0 Å². The average Bonchev–Trinajstić information content (AvgIpc) is 2.68. The Kier molecular flexibility index (Phi) is 8.14. The number of hydrogen-bond acceptors (Lipinski definition) is 6. The molecule has 1 aromatic rings. The van der Waals surface area contributed by atoms with E-state index in [-0.39, 0.29) is 30.2 Å². The van der Waals surface area contributed by atoms with E-state index in [1.165, 1.54) is 7.11 Å². The number of fused-ring (bicyclic) bond motifs is 1. The van der Waals surface area contributed by atoms with Gasteiger partial charge in [-0.25, -0.2) is 4.98 Å². The van der Waals surface area contributed by atoms with Crippen LogP contribution in [0.2, 0.25) is 0 Å². The third kappa shape index (κ3) is 7.29. The van der Waals surface area contributed by atoms with Crippen LogP contribution in [0.3, 0.4) is 0 Å². The second-order valence-electron chi connectivity index (χ2n) is 10.8. The zero-order valence-electron chi connectivity index (χ0n) is 20.3. The molecule has 3 atom stereocenters. The number of nitrogens with one attached hydrogen (secondary N) is 2. The Morgan fingerprint density at radius 1 is 1.35 bits per heavy atom. The Morgan fingerprint density at radius 2 is 2.06 bits per heavy atom. The van der Waals surface area contributed by atoms with Gasteiger partial charge in [0.15, 0.2) is 0 Å². The molecular weight excluding hydrogens is 451 g/mol. The van der Waals surface area contributed by atoms with Crippen LogP contribution in [0.1, 0.15) is 70.0 Å². The molecule has 1 saturated carbocycles. The highest BCUT2D eigenvalue weighted by Crippen LogP contribution is 2.48. The monoisotopic (exact) mass is 487 g/mol. The summed E-state index contributed by atoms with van der Waals surface area (Å²) < 4.78 is 50.2. The summed E-state index contributed by atoms with van der Waals surface area (Å²) in [5.74, 6) is -0.174. The van der Waals surface area contributed by atoms with Gasteiger partial charge in [-0.1, -0.05) is 20.8 Å². The third-order valence-electron chi connectivity index (χ3n) is 6.31. The molecule has 3 N–H and O–H groups in total. The third-order valence-corrected chi connectivity index (χ3v) is 6.31. The van der Waals surface area contributed by atoms with Crippen LogP contribution in [0, 0.1) is 5.41 Å². The van der Waals surface area contributed by atoms with Crippen molar-refractivity contribution in [1.82, 2.24) is 15.6 Å². The number of ether oxygens (including phenoxy) is 2. The van der Waals surface area contributed by atoms with Gasteiger partial charge in [0.1, 0.15) is 12.2 Å². The summed E-state index contributed by atoms with van der Waals surface area (Å²) in [5, 5.41) is 16.1. The first kappa shape index (κ1) is 26.7. The van der Waals surface area contributed by atoms with Crippen LogP contribution in [0.15, 0.2) is 12.3 Å². The predicted molar refractivity (Wildman–Crippen MR) is 120 cm³/mol. The maximum atomic E-state index is 13.1. The lowest BCUT2D eigenvalue weighted by Gasteiger charge is -2.47. The minimum absolute atomic E-state index is 0.0605. The van der Waals surface area contributed by atoms with E-state index in [4.69, 9.17) is 4.74 Å². The van der Waals surface area contributed by atoms with Crippen LogP contribution in [0.25, 0.3) is 0 Å². The lowest BCUT2D eigenvalue weighted by molar-refractivity contribution is -0.149. The number of rotatable bonds is 9. The largest absolute Gasteiger partial charge is 0.471 e. The van der Waals surface area contributed by atoms with Gasteiger partial charge in [-0.3, -0.25) is 4.79 Å². The SMILES string of the molecule is COCC(=O)N[C@@H](CC(F)(F)F)[C@H](O)CN[C@H]1CC2(CCC2)Oc2ncc(CC(C)(C)C)cc21. The van der Waals surface area contributed by atoms with Crippen LogP contribution in [-0.2, 0) is 16.0 Å². The Balaban J connectivity index is 1.76. The molecule has 1 aliphatic heterocycles. The first-order valence-corrected chi connectivity index (χ1v) is 11.7. The molecule has 1 spiro atoms. The van der Waals surface area contributed by atoms with Gasteiger partial charge < -0.3 is 25.2 Å². The molecule has 1 amide bonds. The lowest BCUT2D eigenvalue weighted by Crippen LogP contribution is -2.53. The van der Waals surface area contributed by atoms with Gasteiger partial charge in [0.05, 0.1) is 18.6 Å². The van der Waals surface area contributed by atoms with Crippen LogP contribution >= 0.6 is 0 Å². The van der Waals surface area contributed by atoms with E-state index in [0.717, 1.165) is 36.8 Å². The molecule has 0 bridgehead atoms. The number of methoxy groups -OCH3 is 1. The number of aromatic nitrogens is 1. The molecule has 192 valence electrons. The maximum absolute atomic E-state index is 13.1. The van der Waals surface area contributed by atoms with Gasteiger partial charge in [0, 0.05) is 37.9 Å². The number of carbonyl (C=O) groups is 1. The molecule has 0 aromatic carbocycles. The quantitative estimate of drug-likeness (QED) is 0.494. The highest BCUT2D eigenvalue weighted by molar-refractivity contribution is 5.77. The van der Waals surface area contributed by atoms with Gasteiger partial charge in [0.25, 0.3) is 0 Å². The van der Waals surface area contributed by atoms with Gasteiger partial charge in [-0.05, 0) is 42.7 Å². The van der Waals surface area contributed by atoms with Gasteiger partial charge in [0.2, 0.25) is 11.8 Å². The number of amides is 1. The molecule has 1 aliphatic carbocycles. The predicted octanol–water partition coefficient (Wildman–Crippen LogP) is 3.45. The molecule has 10 heteroatoms. The number of halogens is 3. The first-order valence-electron chi connectivity index (χ1n) is 11.7. The number of alkyl halides is 3. The van der Waals surface area contributed by atoms with Gasteiger partial charge in [-0.2, -0.15) is 13.2 Å². The van der Waals surface area contributed by atoms with Gasteiger partial charge in [-0.15, -0.1) is 0 Å². The molecule has 0 radical (unpaired) electrons. The van der Waals surface area contributed by atoms with Crippen LogP contribution < -0.4 is 15.4 Å². The zero-order valence-corrected chi connectivity index (χ0v) is 20.3. The van der Waals surface area contributed by atoms with E-state index in [9.17, 15) is 23.1 Å². The summed E-state index contributed by atoms with van der Waals surface area (Å²) in [6.45, 7) is 5.90. The van der Waals surface area contributed by atoms with Crippen molar-refractivity contribution in [2.75, 3.05) is 20.3 Å². The molecular formula is C24H36F3N3O4. The van der Waals surface area contributed by atoms with Crippen molar-refractivity contribution < 1.29 is 32.5 Å². The van der Waals surface area contributed by atoms with Gasteiger partial charge >= 0.3 is 6.18 Å². The van der Waals surface area contributed by atoms with Crippen molar-refractivity contribution in [2.24, 2.45) is 5.41 Å². The molecule has 1 fully saturated rings. The highest BCUT2D eigenvalue weighted by Gasteiger charge is 2.46. The average molecular weight is 488 g/mol. The Hall–Kier alpha value is -1.91. The molecule has 0 saturated heterocycles. The summed E-state index contributed by atoms with van der Waals surface area (Å²) in [5.41, 5.74) is 1.63. The maximum Gasteiger partial charge on any atom is 0.391 e. The minimum atomic E-state index is -4.54. The van der Waals surface area contributed by atoms with Crippen molar-refractivity contribution in [3.8, 4) is 5.88 Å². The summed E-state index contributed by atoms with van der Waals surface area (Å²) in [6.07, 6.45) is -1.22. The molecule has 2 aliphatic rings. The van der Waals surface area contributed by atoms with Crippen LogP contribution in [0.5, 0.6) is 5.88 Å². The number of aliphatic hydroxyl groups is 1. The number of aliphatic hydroxyl groups excluding tert-OH is 1. The Labute approximate surface area is 198 Å². The van der Waals surface area contributed by atoms with E-state index < -0.39 is 30.7 Å². The number of hydrogen-bond donors (Lipinski definition) is 3. The minimum Gasteiger partial charge on any atom is -0.471 e. The topological polar surface area (TPSA) is 92.7 Å². The zero-order chi connectivity index (χ0) is 25.1. The second-order valence-corrected chi connectivity index (χ2v) is 10.8. The molecule has 7 nitrogen and oxygen atoms in total. The Bertz CT molecular complexity index is 853. The fourth-order valence-corrected chi connectivity index (χ4v) is 4.66. The fourth-order valence-electron chi connectivity index (χ4n) is 4.66.